The fraction of sp³-hybridized carbons (Fsp3) is 0.154. The van der Waals surface area contributed by atoms with Crippen molar-refractivity contribution in [1.82, 2.24) is 10.3 Å². The highest BCUT2D eigenvalue weighted by atomic mass is 32.1. The average molecular weight is 264 g/mol. The lowest BCUT2D eigenvalue weighted by molar-refractivity contribution is 0.514. The van der Waals surface area contributed by atoms with E-state index in [0.717, 1.165) is 11.3 Å². The average Bonchev–Trinajstić information content (AvgIpc) is 2.99. The van der Waals surface area contributed by atoms with E-state index in [9.17, 15) is 8.78 Å². The van der Waals surface area contributed by atoms with E-state index in [2.05, 4.69) is 10.3 Å². The monoisotopic (exact) mass is 264 g/mol. The smallest absolute Gasteiger partial charge is 0.131 e. The van der Waals surface area contributed by atoms with Crippen LogP contribution in [0.5, 0.6) is 0 Å². The van der Waals surface area contributed by atoms with Gasteiger partial charge in [-0.1, -0.05) is 6.07 Å². The van der Waals surface area contributed by atoms with Crippen LogP contribution in [0.1, 0.15) is 23.7 Å². The van der Waals surface area contributed by atoms with Crippen LogP contribution in [0.25, 0.3) is 5.57 Å². The van der Waals surface area contributed by atoms with Crippen molar-refractivity contribution < 1.29 is 8.78 Å². The van der Waals surface area contributed by atoms with Crippen LogP contribution in [0.2, 0.25) is 0 Å². The molecule has 18 heavy (non-hydrogen) atoms. The molecule has 1 aromatic carbocycles. The highest BCUT2D eigenvalue weighted by Crippen LogP contribution is 2.34. The van der Waals surface area contributed by atoms with Gasteiger partial charge < -0.3 is 5.32 Å². The summed E-state index contributed by atoms with van der Waals surface area (Å²) in [5, 5.41) is 4.94. The maximum Gasteiger partial charge on any atom is 0.131 e. The summed E-state index contributed by atoms with van der Waals surface area (Å²) >= 11 is 1.50. The molecule has 1 atom stereocenters. The number of hydrogen-bond acceptors (Lipinski definition) is 3. The van der Waals surface area contributed by atoms with E-state index >= 15 is 0 Å². The normalized spacial score (nSPS) is 18.6. The Hall–Kier alpha value is -1.75. The number of nitrogens with one attached hydrogen (secondary N) is 1. The molecule has 2 nitrogen and oxygen atoms in total. The van der Waals surface area contributed by atoms with Crippen molar-refractivity contribution in [2.45, 2.75) is 12.5 Å². The van der Waals surface area contributed by atoms with Crippen LogP contribution in [0.3, 0.4) is 0 Å². The predicted octanol–water partition coefficient (Wildman–Crippen LogP) is 3.50. The van der Waals surface area contributed by atoms with Gasteiger partial charge in [0.1, 0.15) is 11.6 Å². The van der Waals surface area contributed by atoms with Gasteiger partial charge in [-0.25, -0.2) is 13.8 Å². The molecule has 0 saturated heterocycles. The molecule has 0 amide bonds. The van der Waals surface area contributed by atoms with Crippen LogP contribution < -0.4 is 5.32 Å². The Bertz CT molecular complexity index is 573. The molecular formula is C13H10F2N2S. The molecule has 1 N–H and O–H groups in total. The molecule has 2 aromatic rings. The Kier molecular flexibility index (Phi) is 2.83. The highest BCUT2D eigenvalue weighted by molar-refractivity contribution is 7.07. The molecule has 5 heteroatoms. The summed E-state index contributed by atoms with van der Waals surface area (Å²) in [4.78, 5) is 4.19. The second-order valence-corrected chi connectivity index (χ2v) is 4.82. The molecular weight excluding hydrogens is 254 g/mol. The SMILES string of the molecule is Fc1cccc(F)c1[C@@H]1CC(c2cscn2)=CN1. The Morgan fingerprint density at radius 1 is 1.28 bits per heavy atom. The molecule has 0 spiro atoms. The van der Waals surface area contributed by atoms with Crippen molar-refractivity contribution >= 4 is 16.9 Å². The van der Waals surface area contributed by atoms with E-state index < -0.39 is 11.6 Å². The summed E-state index contributed by atoms with van der Waals surface area (Å²) in [6.45, 7) is 0. The van der Waals surface area contributed by atoms with Crippen LogP contribution in [0.4, 0.5) is 8.78 Å². The second kappa shape index (κ2) is 4.49. The van der Waals surface area contributed by atoms with Gasteiger partial charge in [0, 0.05) is 23.6 Å². The first-order chi connectivity index (χ1) is 8.75. The van der Waals surface area contributed by atoms with Crippen molar-refractivity contribution in [3.8, 4) is 0 Å². The third kappa shape index (κ3) is 1.90. The highest BCUT2D eigenvalue weighted by Gasteiger charge is 2.25. The third-order valence-electron chi connectivity index (χ3n) is 2.99. The first-order valence-electron chi connectivity index (χ1n) is 5.53. The summed E-state index contributed by atoms with van der Waals surface area (Å²) < 4.78 is 27.3. The zero-order valence-corrected chi connectivity index (χ0v) is 10.2. The Balaban J connectivity index is 1.86. The van der Waals surface area contributed by atoms with Gasteiger partial charge in [0.2, 0.25) is 0 Å². The van der Waals surface area contributed by atoms with Gasteiger partial charge in [0.05, 0.1) is 17.2 Å². The van der Waals surface area contributed by atoms with E-state index in [-0.39, 0.29) is 11.6 Å². The first kappa shape index (κ1) is 11.3. The summed E-state index contributed by atoms with van der Waals surface area (Å²) in [7, 11) is 0. The molecule has 1 aromatic heterocycles. The molecule has 0 unspecified atom stereocenters. The van der Waals surface area contributed by atoms with Gasteiger partial charge in [-0.05, 0) is 17.7 Å². The van der Waals surface area contributed by atoms with Gasteiger partial charge in [0.25, 0.3) is 0 Å². The van der Waals surface area contributed by atoms with E-state index in [1.54, 1.807) is 11.7 Å². The van der Waals surface area contributed by atoms with E-state index in [1.807, 2.05) is 5.38 Å². The van der Waals surface area contributed by atoms with Crippen LogP contribution in [0, 0.1) is 11.6 Å². The number of hydrogen-bond donors (Lipinski definition) is 1. The van der Waals surface area contributed by atoms with Crippen LogP contribution >= 0.6 is 11.3 Å². The molecule has 0 aliphatic carbocycles. The van der Waals surface area contributed by atoms with E-state index in [0.29, 0.717) is 6.42 Å². The molecule has 2 heterocycles. The Labute approximate surface area is 107 Å². The Morgan fingerprint density at radius 3 is 2.72 bits per heavy atom. The minimum Gasteiger partial charge on any atom is -0.383 e. The second-order valence-electron chi connectivity index (χ2n) is 4.10. The largest absolute Gasteiger partial charge is 0.383 e. The first-order valence-corrected chi connectivity index (χ1v) is 6.47. The number of benzene rings is 1. The van der Waals surface area contributed by atoms with E-state index in [1.165, 1.54) is 29.5 Å². The number of aromatic nitrogens is 1. The lowest BCUT2D eigenvalue weighted by Gasteiger charge is -2.13. The number of thiazole rings is 1. The molecule has 0 radical (unpaired) electrons. The van der Waals surface area contributed by atoms with Crippen molar-refractivity contribution in [1.29, 1.82) is 0 Å². The van der Waals surface area contributed by atoms with Gasteiger partial charge in [0.15, 0.2) is 0 Å². The van der Waals surface area contributed by atoms with Crippen molar-refractivity contribution in [2.24, 2.45) is 0 Å². The maximum atomic E-state index is 13.7. The van der Waals surface area contributed by atoms with Crippen molar-refractivity contribution in [2.75, 3.05) is 0 Å². The Morgan fingerprint density at radius 2 is 2.06 bits per heavy atom. The number of rotatable bonds is 2. The van der Waals surface area contributed by atoms with E-state index in [4.69, 9.17) is 0 Å². The summed E-state index contributed by atoms with van der Waals surface area (Å²) in [6, 6.07) is 3.57. The number of nitrogens with zero attached hydrogens (tertiary/aromatic N) is 1. The minimum atomic E-state index is -0.513. The molecule has 92 valence electrons. The van der Waals surface area contributed by atoms with Crippen LogP contribution in [-0.4, -0.2) is 4.98 Å². The van der Waals surface area contributed by atoms with Gasteiger partial charge in [-0.3, -0.25) is 0 Å². The molecule has 0 bridgehead atoms. The predicted molar refractivity (Wildman–Crippen MR) is 66.9 cm³/mol. The molecule has 0 saturated carbocycles. The van der Waals surface area contributed by atoms with Gasteiger partial charge in [-0.2, -0.15) is 0 Å². The van der Waals surface area contributed by atoms with Gasteiger partial charge >= 0.3 is 0 Å². The molecule has 0 fully saturated rings. The van der Waals surface area contributed by atoms with Crippen LogP contribution in [0.15, 0.2) is 35.3 Å². The topological polar surface area (TPSA) is 24.9 Å². The lowest BCUT2D eigenvalue weighted by Crippen LogP contribution is -2.13. The maximum absolute atomic E-state index is 13.7. The third-order valence-corrected chi connectivity index (χ3v) is 3.58. The fourth-order valence-corrected chi connectivity index (χ4v) is 2.69. The minimum absolute atomic E-state index is 0.0963. The molecule has 1 aliphatic rings. The summed E-state index contributed by atoms with van der Waals surface area (Å²) in [5.41, 5.74) is 3.68. The van der Waals surface area contributed by atoms with Crippen LogP contribution in [-0.2, 0) is 0 Å². The zero-order chi connectivity index (χ0) is 12.5. The standard InChI is InChI=1S/C13H10F2N2S/c14-9-2-1-3-10(15)13(9)11-4-8(5-16-11)12-6-18-7-17-12/h1-3,5-7,11,16H,4H2/t11-/m0/s1. The lowest BCUT2D eigenvalue weighted by atomic mass is 10.0. The number of halogens is 2. The van der Waals surface area contributed by atoms with Crippen molar-refractivity contribution in [3.05, 3.63) is 58.2 Å². The quantitative estimate of drug-likeness (QED) is 0.898. The molecule has 1 aliphatic heterocycles. The fourth-order valence-electron chi connectivity index (χ4n) is 2.12. The zero-order valence-electron chi connectivity index (χ0n) is 9.36. The molecule has 3 rings (SSSR count). The van der Waals surface area contributed by atoms with Gasteiger partial charge in [-0.15, -0.1) is 11.3 Å². The summed E-state index contributed by atoms with van der Waals surface area (Å²) in [6.07, 6.45) is 2.33. The summed E-state index contributed by atoms with van der Waals surface area (Å²) in [5.74, 6) is -1.03. The van der Waals surface area contributed by atoms with Crippen molar-refractivity contribution in [3.63, 3.8) is 0 Å².